The molecule has 0 bridgehead atoms. The molecule has 0 unspecified atom stereocenters. The van der Waals surface area contributed by atoms with Crippen molar-refractivity contribution >= 4 is 11.7 Å². The standard InChI is InChI=1S/C12H14O6/c1-16-8-6-4-5-7(10(8)17-2)11(18-3)9(13)12(14)15/h4-6,13H,1-3H3,(H,14,15). The van der Waals surface area contributed by atoms with Crippen molar-refractivity contribution in [2.45, 2.75) is 0 Å². The minimum Gasteiger partial charge on any atom is -0.499 e. The molecule has 1 aromatic rings. The highest BCUT2D eigenvalue weighted by Gasteiger charge is 2.21. The Hall–Kier alpha value is -2.37. The number of benzene rings is 1. The van der Waals surface area contributed by atoms with Gasteiger partial charge in [-0.2, -0.15) is 0 Å². The Morgan fingerprint density at radius 3 is 2.22 bits per heavy atom. The number of aliphatic carboxylic acids is 1. The van der Waals surface area contributed by atoms with E-state index < -0.39 is 11.7 Å². The van der Waals surface area contributed by atoms with Gasteiger partial charge in [0, 0.05) is 0 Å². The Morgan fingerprint density at radius 1 is 1.11 bits per heavy atom. The molecule has 6 nitrogen and oxygen atoms in total. The maximum atomic E-state index is 10.8. The van der Waals surface area contributed by atoms with Crippen LogP contribution in [0.3, 0.4) is 0 Å². The van der Waals surface area contributed by atoms with Crippen molar-refractivity contribution in [1.29, 1.82) is 0 Å². The molecule has 0 atom stereocenters. The minimum atomic E-state index is -1.49. The van der Waals surface area contributed by atoms with Crippen molar-refractivity contribution in [2.75, 3.05) is 21.3 Å². The number of aliphatic hydroxyl groups is 1. The van der Waals surface area contributed by atoms with Gasteiger partial charge in [-0.15, -0.1) is 0 Å². The number of carboxylic acids is 1. The molecule has 0 saturated heterocycles. The summed E-state index contributed by atoms with van der Waals surface area (Å²) in [5.74, 6) is -1.90. The number of ether oxygens (including phenoxy) is 3. The van der Waals surface area contributed by atoms with Crippen molar-refractivity contribution in [3.63, 3.8) is 0 Å². The van der Waals surface area contributed by atoms with Gasteiger partial charge in [-0.05, 0) is 12.1 Å². The molecule has 0 heterocycles. The molecule has 0 aliphatic rings. The number of rotatable bonds is 5. The highest BCUT2D eigenvalue weighted by atomic mass is 16.5. The first-order valence-electron chi connectivity index (χ1n) is 4.98. The first kappa shape index (κ1) is 13.7. The van der Waals surface area contributed by atoms with Crippen LogP contribution < -0.4 is 9.47 Å². The summed E-state index contributed by atoms with van der Waals surface area (Å²) in [6.07, 6.45) is 0. The van der Waals surface area contributed by atoms with Crippen molar-refractivity contribution < 1.29 is 29.2 Å². The summed E-state index contributed by atoms with van der Waals surface area (Å²) in [4.78, 5) is 10.8. The van der Waals surface area contributed by atoms with Crippen molar-refractivity contribution in [2.24, 2.45) is 0 Å². The molecule has 18 heavy (non-hydrogen) atoms. The second-order valence-electron chi connectivity index (χ2n) is 3.23. The predicted octanol–water partition coefficient (Wildman–Crippen LogP) is 1.66. The van der Waals surface area contributed by atoms with Crippen LogP contribution in [0.5, 0.6) is 11.5 Å². The van der Waals surface area contributed by atoms with E-state index in [0.29, 0.717) is 11.3 Å². The Balaban J connectivity index is 3.48. The van der Waals surface area contributed by atoms with Crippen LogP contribution in [-0.2, 0) is 9.53 Å². The first-order chi connectivity index (χ1) is 8.56. The zero-order chi connectivity index (χ0) is 13.7. The van der Waals surface area contributed by atoms with Crippen LogP contribution in [0.2, 0.25) is 0 Å². The number of para-hydroxylation sites is 1. The molecular formula is C12H14O6. The second kappa shape index (κ2) is 5.81. The van der Waals surface area contributed by atoms with E-state index in [1.807, 2.05) is 0 Å². The third-order valence-corrected chi connectivity index (χ3v) is 2.27. The fourth-order valence-electron chi connectivity index (χ4n) is 1.50. The van der Waals surface area contributed by atoms with E-state index >= 15 is 0 Å². The lowest BCUT2D eigenvalue weighted by atomic mass is 10.1. The summed E-state index contributed by atoms with van der Waals surface area (Å²) in [7, 11) is 4.12. The Morgan fingerprint density at radius 2 is 1.78 bits per heavy atom. The summed E-state index contributed by atoms with van der Waals surface area (Å²) in [6.45, 7) is 0. The smallest absolute Gasteiger partial charge is 0.374 e. The molecule has 1 aromatic carbocycles. The van der Waals surface area contributed by atoms with Crippen molar-refractivity contribution in [3.8, 4) is 11.5 Å². The number of aliphatic hydroxyl groups excluding tert-OH is 1. The van der Waals surface area contributed by atoms with Crippen LogP contribution in [-0.4, -0.2) is 37.5 Å². The van der Waals surface area contributed by atoms with Crippen LogP contribution >= 0.6 is 0 Å². The van der Waals surface area contributed by atoms with Gasteiger partial charge in [0.1, 0.15) is 0 Å². The van der Waals surface area contributed by atoms with Crippen LogP contribution in [0.1, 0.15) is 5.56 Å². The third kappa shape index (κ3) is 2.48. The fraction of sp³-hybridized carbons (Fsp3) is 0.250. The molecule has 2 N–H and O–H groups in total. The molecule has 0 aliphatic carbocycles. The van der Waals surface area contributed by atoms with Crippen LogP contribution in [0, 0.1) is 0 Å². The quantitative estimate of drug-likeness (QED) is 0.614. The molecule has 98 valence electrons. The summed E-state index contributed by atoms with van der Waals surface area (Å²) < 4.78 is 15.1. The monoisotopic (exact) mass is 254 g/mol. The Labute approximate surface area is 104 Å². The average molecular weight is 254 g/mol. The van der Waals surface area contributed by atoms with E-state index in [-0.39, 0.29) is 11.5 Å². The molecule has 1 rings (SSSR count). The van der Waals surface area contributed by atoms with Gasteiger partial charge in [0.2, 0.25) is 5.76 Å². The summed E-state index contributed by atoms with van der Waals surface area (Å²) in [5.41, 5.74) is 0.291. The molecule has 0 saturated carbocycles. The Kier molecular flexibility index (Phi) is 4.42. The topological polar surface area (TPSA) is 85.2 Å². The number of methoxy groups -OCH3 is 3. The molecule has 0 aliphatic heterocycles. The first-order valence-corrected chi connectivity index (χ1v) is 4.98. The van der Waals surface area contributed by atoms with E-state index in [9.17, 15) is 9.90 Å². The van der Waals surface area contributed by atoms with Crippen LogP contribution in [0.25, 0.3) is 5.76 Å². The fourth-order valence-corrected chi connectivity index (χ4v) is 1.50. The zero-order valence-electron chi connectivity index (χ0n) is 10.3. The minimum absolute atomic E-state index is 0.196. The highest BCUT2D eigenvalue weighted by molar-refractivity contribution is 5.93. The van der Waals surface area contributed by atoms with Gasteiger partial charge < -0.3 is 24.4 Å². The molecular weight excluding hydrogens is 240 g/mol. The van der Waals surface area contributed by atoms with Gasteiger partial charge in [0.25, 0.3) is 0 Å². The van der Waals surface area contributed by atoms with E-state index in [2.05, 4.69) is 0 Å². The lowest BCUT2D eigenvalue weighted by Gasteiger charge is -2.14. The van der Waals surface area contributed by atoms with Gasteiger partial charge in [0.05, 0.1) is 26.9 Å². The molecule has 0 fully saturated rings. The molecule has 6 heteroatoms. The number of carbonyl (C=O) groups is 1. The van der Waals surface area contributed by atoms with E-state index in [4.69, 9.17) is 19.3 Å². The zero-order valence-corrected chi connectivity index (χ0v) is 10.3. The summed E-state index contributed by atoms with van der Waals surface area (Å²) in [5, 5.41) is 18.3. The number of hydrogen-bond donors (Lipinski definition) is 2. The molecule has 0 spiro atoms. The summed E-state index contributed by atoms with van der Waals surface area (Å²) >= 11 is 0. The van der Waals surface area contributed by atoms with E-state index in [1.165, 1.54) is 21.3 Å². The van der Waals surface area contributed by atoms with Crippen LogP contribution in [0.4, 0.5) is 0 Å². The number of hydrogen-bond acceptors (Lipinski definition) is 5. The van der Waals surface area contributed by atoms with Gasteiger partial charge >= 0.3 is 5.97 Å². The molecule has 0 amide bonds. The van der Waals surface area contributed by atoms with Crippen molar-refractivity contribution in [1.82, 2.24) is 0 Å². The largest absolute Gasteiger partial charge is 0.499 e. The normalized spacial score (nSPS) is 11.5. The lowest BCUT2D eigenvalue weighted by Crippen LogP contribution is -2.06. The van der Waals surface area contributed by atoms with Gasteiger partial charge in [-0.1, -0.05) is 6.07 Å². The average Bonchev–Trinajstić information content (AvgIpc) is 2.38. The molecule has 0 aromatic heterocycles. The summed E-state index contributed by atoms with van der Waals surface area (Å²) in [6, 6.07) is 4.83. The molecule has 0 radical (unpaired) electrons. The Bertz CT molecular complexity index is 477. The van der Waals surface area contributed by atoms with E-state index in [1.54, 1.807) is 18.2 Å². The predicted molar refractivity (Wildman–Crippen MR) is 63.7 cm³/mol. The third-order valence-electron chi connectivity index (χ3n) is 2.27. The highest BCUT2D eigenvalue weighted by Crippen LogP contribution is 2.36. The van der Waals surface area contributed by atoms with Gasteiger partial charge in [0.15, 0.2) is 17.3 Å². The maximum absolute atomic E-state index is 10.8. The maximum Gasteiger partial charge on any atom is 0.374 e. The van der Waals surface area contributed by atoms with Gasteiger partial charge in [-0.25, -0.2) is 4.79 Å². The van der Waals surface area contributed by atoms with Crippen LogP contribution in [0.15, 0.2) is 24.0 Å². The number of carboxylic acid groups (broad SMARTS) is 1. The van der Waals surface area contributed by atoms with Crippen molar-refractivity contribution in [3.05, 3.63) is 29.5 Å². The van der Waals surface area contributed by atoms with Gasteiger partial charge in [-0.3, -0.25) is 0 Å². The lowest BCUT2D eigenvalue weighted by molar-refractivity contribution is -0.135. The SMILES string of the molecule is COC(=C(O)C(=O)O)c1cccc(OC)c1OC. The second-order valence-corrected chi connectivity index (χ2v) is 3.23. The van der Waals surface area contributed by atoms with E-state index in [0.717, 1.165) is 0 Å².